The summed E-state index contributed by atoms with van der Waals surface area (Å²) in [6.45, 7) is 8.89. The smallest absolute Gasteiger partial charge is 0.306 e. The number of hydrogen-bond donors (Lipinski definition) is 0. The maximum Gasteiger partial charge on any atom is 0.306 e. The zero-order valence-corrected chi connectivity index (χ0v) is 15.6. The SMILES string of the molecule is CCCCC(CC)COC(=O)CCC(=O)OC(CC)CCCC. The highest BCUT2D eigenvalue weighted by atomic mass is 16.5. The molecule has 0 rings (SSSR count). The Morgan fingerprint density at radius 3 is 2.00 bits per heavy atom. The van der Waals surface area contributed by atoms with Crippen molar-refractivity contribution < 1.29 is 19.1 Å². The monoisotopic (exact) mass is 328 g/mol. The van der Waals surface area contributed by atoms with Gasteiger partial charge in [-0.3, -0.25) is 9.59 Å². The lowest BCUT2D eigenvalue weighted by molar-refractivity contribution is -0.154. The Balaban J connectivity index is 3.91. The van der Waals surface area contributed by atoms with Crippen LogP contribution in [-0.4, -0.2) is 24.6 Å². The molecule has 0 fully saturated rings. The topological polar surface area (TPSA) is 52.6 Å². The molecule has 0 aromatic rings. The Bertz CT molecular complexity index is 314. The molecule has 0 aliphatic rings. The molecule has 0 N–H and O–H groups in total. The highest BCUT2D eigenvalue weighted by molar-refractivity contribution is 5.77. The van der Waals surface area contributed by atoms with Crippen molar-refractivity contribution >= 4 is 11.9 Å². The molecule has 0 amide bonds. The van der Waals surface area contributed by atoms with Crippen LogP contribution in [0.1, 0.15) is 91.9 Å². The van der Waals surface area contributed by atoms with Crippen molar-refractivity contribution in [2.45, 2.75) is 98.0 Å². The number of rotatable bonds is 14. The Morgan fingerprint density at radius 1 is 0.826 bits per heavy atom. The summed E-state index contributed by atoms with van der Waals surface area (Å²) in [6.07, 6.45) is 8.54. The summed E-state index contributed by atoms with van der Waals surface area (Å²) in [7, 11) is 0. The van der Waals surface area contributed by atoms with E-state index in [4.69, 9.17) is 9.47 Å². The van der Waals surface area contributed by atoms with Crippen LogP contribution >= 0.6 is 0 Å². The standard InChI is InChI=1S/C19H36O4/c1-5-9-11-16(7-3)15-22-18(20)13-14-19(21)23-17(8-4)12-10-6-2/h16-17H,5-15H2,1-4H3. The van der Waals surface area contributed by atoms with E-state index in [0.29, 0.717) is 12.5 Å². The van der Waals surface area contributed by atoms with Crippen molar-refractivity contribution in [1.29, 1.82) is 0 Å². The lowest BCUT2D eigenvalue weighted by Gasteiger charge is -2.16. The van der Waals surface area contributed by atoms with Gasteiger partial charge >= 0.3 is 11.9 Å². The molecule has 0 saturated carbocycles. The molecule has 0 aromatic carbocycles. The van der Waals surface area contributed by atoms with Gasteiger partial charge in [-0.2, -0.15) is 0 Å². The molecular weight excluding hydrogens is 292 g/mol. The third kappa shape index (κ3) is 12.1. The molecule has 0 spiro atoms. The molecule has 2 unspecified atom stereocenters. The zero-order chi connectivity index (χ0) is 17.5. The maximum atomic E-state index is 11.8. The zero-order valence-electron chi connectivity index (χ0n) is 15.6. The van der Waals surface area contributed by atoms with Crippen molar-refractivity contribution in [3.8, 4) is 0 Å². The van der Waals surface area contributed by atoms with Crippen LogP contribution < -0.4 is 0 Å². The first kappa shape index (κ1) is 21.9. The fourth-order valence-electron chi connectivity index (χ4n) is 2.41. The van der Waals surface area contributed by atoms with Crippen LogP contribution in [0.4, 0.5) is 0 Å². The van der Waals surface area contributed by atoms with E-state index in [2.05, 4.69) is 20.8 Å². The van der Waals surface area contributed by atoms with Gasteiger partial charge in [-0.15, -0.1) is 0 Å². The summed E-state index contributed by atoms with van der Waals surface area (Å²) in [5, 5.41) is 0. The number of carbonyl (C=O) groups excluding carboxylic acids is 2. The van der Waals surface area contributed by atoms with Gasteiger partial charge in [0.2, 0.25) is 0 Å². The Kier molecular flexibility index (Phi) is 13.9. The van der Waals surface area contributed by atoms with Crippen LogP contribution in [-0.2, 0) is 19.1 Å². The molecule has 0 saturated heterocycles. The largest absolute Gasteiger partial charge is 0.465 e. The average Bonchev–Trinajstić information content (AvgIpc) is 2.56. The third-order valence-electron chi connectivity index (χ3n) is 4.19. The van der Waals surface area contributed by atoms with E-state index >= 15 is 0 Å². The minimum atomic E-state index is -0.293. The van der Waals surface area contributed by atoms with Gasteiger partial charge in [0.05, 0.1) is 19.4 Å². The quantitative estimate of drug-likeness (QED) is 0.419. The molecule has 0 aliphatic heterocycles. The van der Waals surface area contributed by atoms with E-state index in [1.165, 1.54) is 6.42 Å². The fourth-order valence-corrected chi connectivity index (χ4v) is 2.41. The van der Waals surface area contributed by atoms with Gasteiger partial charge in [0.1, 0.15) is 6.10 Å². The molecule has 2 atom stereocenters. The van der Waals surface area contributed by atoms with Gasteiger partial charge in [-0.25, -0.2) is 0 Å². The fraction of sp³-hybridized carbons (Fsp3) is 0.895. The lowest BCUT2D eigenvalue weighted by Crippen LogP contribution is -2.19. The molecular formula is C19H36O4. The first-order valence-corrected chi connectivity index (χ1v) is 9.42. The highest BCUT2D eigenvalue weighted by Gasteiger charge is 2.15. The van der Waals surface area contributed by atoms with E-state index in [9.17, 15) is 9.59 Å². The predicted octanol–water partition coefficient (Wildman–Crippen LogP) is 5.04. The molecule has 0 heterocycles. The lowest BCUT2D eigenvalue weighted by atomic mass is 10.0. The van der Waals surface area contributed by atoms with Gasteiger partial charge in [0.15, 0.2) is 0 Å². The van der Waals surface area contributed by atoms with Gasteiger partial charge in [0.25, 0.3) is 0 Å². The summed E-state index contributed by atoms with van der Waals surface area (Å²) < 4.78 is 10.7. The number of esters is 2. The second-order valence-electron chi connectivity index (χ2n) is 6.26. The van der Waals surface area contributed by atoms with Gasteiger partial charge in [-0.05, 0) is 25.2 Å². The van der Waals surface area contributed by atoms with E-state index in [-0.39, 0.29) is 30.9 Å². The van der Waals surface area contributed by atoms with E-state index in [1.54, 1.807) is 0 Å². The van der Waals surface area contributed by atoms with Crippen LogP contribution in [0.25, 0.3) is 0 Å². The summed E-state index contributed by atoms with van der Waals surface area (Å²) in [6, 6.07) is 0. The van der Waals surface area contributed by atoms with Crippen LogP contribution in [0.15, 0.2) is 0 Å². The molecule has 4 heteroatoms. The number of hydrogen-bond acceptors (Lipinski definition) is 4. The minimum Gasteiger partial charge on any atom is -0.465 e. The number of ether oxygens (including phenoxy) is 2. The van der Waals surface area contributed by atoms with Crippen molar-refractivity contribution in [2.24, 2.45) is 5.92 Å². The number of carbonyl (C=O) groups is 2. The van der Waals surface area contributed by atoms with E-state index < -0.39 is 0 Å². The van der Waals surface area contributed by atoms with Crippen molar-refractivity contribution in [1.82, 2.24) is 0 Å². The molecule has 0 aromatic heterocycles. The maximum absolute atomic E-state index is 11.8. The molecule has 4 nitrogen and oxygen atoms in total. The predicted molar refractivity (Wildman–Crippen MR) is 93.2 cm³/mol. The minimum absolute atomic E-state index is 0.0167. The summed E-state index contributed by atoms with van der Waals surface area (Å²) >= 11 is 0. The van der Waals surface area contributed by atoms with Crippen LogP contribution in [0.3, 0.4) is 0 Å². The molecule has 23 heavy (non-hydrogen) atoms. The van der Waals surface area contributed by atoms with E-state index in [1.807, 2.05) is 6.92 Å². The van der Waals surface area contributed by atoms with Crippen LogP contribution in [0, 0.1) is 5.92 Å². The van der Waals surface area contributed by atoms with E-state index in [0.717, 1.165) is 44.9 Å². The van der Waals surface area contributed by atoms with Crippen molar-refractivity contribution in [3.05, 3.63) is 0 Å². The van der Waals surface area contributed by atoms with Crippen molar-refractivity contribution in [2.75, 3.05) is 6.61 Å². The first-order valence-electron chi connectivity index (χ1n) is 9.42. The molecule has 0 bridgehead atoms. The molecule has 136 valence electrons. The second-order valence-corrected chi connectivity index (χ2v) is 6.26. The molecule has 0 aliphatic carbocycles. The van der Waals surface area contributed by atoms with Crippen molar-refractivity contribution in [3.63, 3.8) is 0 Å². The van der Waals surface area contributed by atoms with Gasteiger partial charge < -0.3 is 9.47 Å². The third-order valence-corrected chi connectivity index (χ3v) is 4.19. The first-order chi connectivity index (χ1) is 11.1. The Hall–Kier alpha value is -1.06. The normalized spacial score (nSPS) is 13.4. The average molecular weight is 328 g/mol. The second kappa shape index (κ2) is 14.5. The summed E-state index contributed by atoms with van der Waals surface area (Å²) in [5.74, 6) is -0.147. The van der Waals surface area contributed by atoms with Crippen LogP contribution in [0.2, 0.25) is 0 Å². The van der Waals surface area contributed by atoms with Crippen LogP contribution in [0.5, 0.6) is 0 Å². The highest BCUT2D eigenvalue weighted by Crippen LogP contribution is 2.14. The van der Waals surface area contributed by atoms with Gasteiger partial charge in [0, 0.05) is 0 Å². The number of unbranched alkanes of at least 4 members (excludes halogenated alkanes) is 2. The Labute approximate surface area is 142 Å². The summed E-state index contributed by atoms with van der Waals surface area (Å²) in [4.78, 5) is 23.5. The molecule has 0 radical (unpaired) electrons. The summed E-state index contributed by atoms with van der Waals surface area (Å²) in [5.41, 5.74) is 0. The Morgan fingerprint density at radius 2 is 1.43 bits per heavy atom. The van der Waals surface area contributed by atoms with Gasteiger partial charge in [-0.1, -0.05) is 59.8 Å².